The lowest BCUT2D eigenvalue weighted by Gasteiger charge is -2.31. The molecule has 0 unspecified atom stereocenters. The SMILES string of the molecule is COc1cccc(C(=O)N2CCC[C@H](C)C2)c1. The lowest BCUT2D eigenvalue weighted by atomic mass is 9.99. The van der Waals surface area contributed by atoms with E-state index < -0.39 is 0 Å². The van der Waals surface area contributed by atoms with Crippen molar-refractivity contribution in [2.75, 3.05) is 20.2 Å². The lowest BCUT2D eigenvalue weighted by Crippen LogP contribution is -2.39. The van der Waals surface area contributed by atoms with Crippen molar-refractivity contribution < 1.29 is 9.53 Å². The number of benzene rings is 1. The van der Waals surface area contributed by atoms with Gasteiger partial charge < -0.3 is 9.64 Å². The van der Waals surface area contributed by atoms with Gasteiger partial charge in [-0.2, -0.15) is 0 Å². The number of methoxy groups -OCH3 is 1. The van der Waals surface area contributed by atoms with Crippen LogP contribution in [0.5, 0.6) is 5.75 Å². The zero-order valence-corrected chi connectivity index (χ0v) is 10.5. The highest BCUT2D eigenvalue weighted by molar-refractivity contribution is 5.94. The van der Waals surface area contributed by atoms with Crippen LogP contribution < -0.4 is 4.74 Å². The summed E-state index contributed by atoms with van der Waals surface area (Å²) in [6, 6.07) is 7.38. The number of carbonyl (C=O) groups is 1. The second-order valence-corrected chi connectivity index (χ2v) is 4.73. The van der Waals surface area contributed by atoms with Crippen molar-refractivity contribution in [3.63, 3.8) is 0 Å². The quantitative estimate of drug-likeness (QED) is 0.785. The van der Waals surface area contributed by atoms with Crippen molar-refractivity contribution in [2.24, 2.45) is 5.92 Å². The first-order chi connectivity index (χ1) is 8.20. The molecule has 1 aromatic rings. The molecule has 0 aromatic heterocycles. The van der Waals surface area contributed by atoms with Crippen molar-refractivity contribution in [3.8, 4) is 5.75 Å². The number of hydrogen-bond acceptors (Lipinski definition) is 2. The normalized spacial score (nSPS) is 20.1. The van der Waals surface area contributed by atoms with Crippen molar-refractivity contribution in [1.82, 2.24) is 4.90 Å². The monoisotopic (exact) mass is 233 g/mol. The van der Waals surface area contributed by atoms with Crippen LogP contribution in [-0.2, 0) is 0 Å². The summed E-state index contributed by atoms with van der Waals surface area (Å²) in [5.41, 5.74) is 0.721. The van der Waals surface area contributed by atoms with Crippen LogP contribution in [0, 0.1) is 5.92 Å². The van der Waals surface area contributed by atoms with Gasteiger partial charge >= 0.3 is 0 Å². The molecule has 1 saturated heterocycles. The molecule has 1 atom stereocenters. The number of likely N-dealkylation sites (tertiary alicyclic amines) is 1. The van der Waals surface area contributed by atoms with Gasteiger partial charge in [-0.15, -0.1) is 0 Å². The molecule has 3 nitrogen and oxygen atoms in total. The molecule has 17 heavy (non-hydrogen) atoms. The Hall–Kier alpha value is -1.51. The van der Waals surface area contributed by atoms with E-state index in [0.29, 0.717) is 5.92 Å². The fourth-order valence-corrected chi connectivity index (χ4v) is 2.31. The minimum Gasteiger partial charge on any atom is -0.497 e. The fourth-order valence-electron chi connectivity index (χ4n) is 2.31. The first-order valence-corrected chi connectivity index (χ1v) is 6.14. The summed E-state index contributed by atoms with van der Waals surface area (Å²) in [7, 11) is 1.62. The second kappa shape index (κ2) is 5.21. The fraction of sp³-hybridized carbons (Fsp3) is 0.500. The van der Waals surface area contributed by atoms with Crippen LogP contribution >= 0.6 is 0 Å². The Morgan fingerprint density at radius 2 is 2.29 bits per heavy atom. The van der Waals surface area contributed by atoms with Gasteiger partial charge in [0.2, 0.25) is 0 Å². The topological polar surface area (TPSA) is 29.5 Å². The maximum Gasteiger partial charge on any atom is 0.253 e. The van der Waals surface area contributed by atoms with Crippen LogP contribution in [0.15, 0.2) is 24.3 Å². The minimum absolute atomic E-state index is 0.121. The molecule has 0 radical (unpaired) electrons. The van der Waals surface area contributed by atoms with Gasteiger partial charge in [-0.25, -0.2) is 0 Å². The highest BCUT2D eigenvalue weighted by Gasteiger charge is 2.22. The van der Waals surface area contributed by atoms with E-state index in [1.807, 2.05) is 29.2 Å². The second-order valence-electron chi connectivity index (χ2n) is 4.73. The van der Waals surface area contributed by atoms with E-state index in [-0.39, 0.29) is 5.91 Å². The van der Waals surface area contributed by atoms with E-state index >= 15 is 0 Å². The highest BCUT2D eigenvalue weighted by Crippen LogP contribution is 2.19. The molecule has 1 amide bonds. The molecule has 1 aliphatic heterocycles. The van der Waals surface area contributed by atoms with E-state index in [0.717, 1.165) is 30.8 Å². The number of hydrogen-bond donors (Lipinski definition) is 0. The lowest BCUT2D eigenvalue weighted by molar-refractivity contribution is 0.0682. The third kappa shape index (κ3) is 2.78. The van der Waals surface area contributed by atoms with Crippen LogP contribution in [0.3, 0.4) is 0 Å². The molecular weight excluding hydrogens is 214 g/mol. The maximum atomic E-state index is 12.3. The van der Waals surface area contributed by atoms with Gasteiger partial charge in [0.15, 0.2) is 0 Å². The van der Waals surface area contributed by atoms with Gasteiger partial charge in [0.1, 0.15) is 5.75 Å². The van der Waals surface area contributed by atoms with E-state index in [1.165, 1.54) is 6.42 Å². The predicted molar refractivity (Wildman–Crippen MR) is 67.3 cm³/mol. The van der Waals surface area contributed by atoms with Crippen LogP contribution in [-0.4, -0.2) is 31.0 Å². The van der Waals surface area contributed by atoms with Gasteiger partial charge in [-0.1, -0.05) is 13.0 Å². The first kappa shape index (κ1) is 12.0. The molecule has 1 fully saturated rings. The highest BCUT2D eigenvalue weighted by atomic mass is 16.5. The van der Waals surface area contributed by atoms with Crippen LogP contribution in [0.2, 0.25) is 0 Å². The number of ether oxygens (including phenoxy) is 1. The Morgan fingerprint density at radius 1 is 1.47 bits per heavy atom. The zero-order chi connectivity index (χ0) is 12.3. The van der Waals surface area contributed by atoms with Gasteiger partial charge in [-0.3, -0.25) is 4.79 Å². The van der Waals surface area contributed by atoms with Crippen LogP contribution in [0.4, 0.5) is 0 Å². The summed E-state index contributed by atoms with van der Waals surface area (Å²) in [5.74, 6) is 1.47. The average Bonchev–Trinajstić information content (AvgIpc) is 2.38. The Balaban J connectivity index is 2.12. The largest absolute Gasteiger partial charge is 0.497 e. The molecule has 1 heterocycles. The Kier molecular flexibility index (Phi) is 3.67. The van der Waals surface area contributed by atoms with Gasteiger partial charge in [0.25, 0.3) is 5.91 Å². The molecule has 0 bridgehead atoms. The van der Waals surface area contributed by atoms with Gasteiger partial charge in [0.05, 0.1) is 7.11 Å². The molecular formula is C14H19NO2. The van der Waals surface area contributed by atoms with Crippen LogP contribution in [0.1, 0.15) is 30.1 Å². The molecule has 0 spiro atoms. The van der Waals surface area contributed by atoms with Crippen LogP contribution in [0.25, 0.3) is 0 Å². The molecule has 0 N–H and O–H groups in total. The molecule has 2 rings (SSSR count). The maximum absolute atomic E-state index is 12.3. The third-order valence-corrected chi connectivity index (χ3v) is 3.26. The van der Waals surface area contributed by atoms with Crippen molar-refractivity contribution >= 4 is 5.91 Å². The molecule has 0 aliphatic carbocycles. The number of piperidine rings is 1. The van der Waals surface area contributed by atoms with Gasteiger partial charge in [0, 0.05) is 18.7 Å². The summed E-state index contributed by atoms with van der Waals surface area (Å²) in [6.07, 6.45) is 2.33. The first-order valence-electron chi connectivity index (χ1n) is 6.14. The Labute approximate surface area is 102 Å². The van der Waals surface area contributed by atoms with Crippen molar-refractivity contribution in [2.45, 2.75) is 19.8 Å². The van der Waals surface area contributed by atoms with Crippen molar-refractivity contribution in [3.05, 3.63) is 29.8 Å². The molecule has 0 saturated carbocycles. The zero-order valence-electron chi connectivity index (χ0n) is 10.5. The summed E-state index contributed by atoms with van der Waals surface area (Å²) >= 11 is 0. The van der Waals surface area contributed by atoms with E-state index in [9.17, 15) is 4.79 Å². The van der Waals surface area contributed by atoms with Gasteiger partial charge in [-0.05, 0) is 37.0 Å². The summed E-state index contributed by atoms with van der Waals surface area (Å²) in [6.45, 7) is 3.95. The third-order valence-electron chi connectivity index (χ3n) is 3.26. The Morgan fingerprint density at radius 3 is 3.00 bits per heavy atom. The van der Waals surface area contributed by atoms with E-state index in [1.54, 1.807) is 7.11 Å². The average molecular weight is 233 g/mol. The number of nitrogens with zero attached hydrogens (tertiary/aromatic N) is 1. The van der Waals surface area contributed by atoms with E-state index in [4.69, 9.17) is 4.74 Å². The number of rotatable bonds is 2. The summed E-state index contributed by atoms with van der Waals surface area (Å²) in [5, 5.41) is 0. The molecule has 1 aromatic carbocycles. The summed E-state index contributed by atoms with van der Waals surface area (Å²) < 4.78 is 5.14. The summed E-state index contributed by atoms with van der Waals surface area (Å²) in [4.78, 5) is 14.2. The molecule has 3 heteroatoms. The molecule has 1 aliphatic rings. The smallest absolute Gasteiger partial charge is 0.253 e. The standard InChI is InChI=1S/C14H19NO2/c1-11-5-4-8-15(10-11)14(16)12-6-3-7-13(9-12)17-2/h3,6-7,9,11H,4-5,8,10H2,1-2H3/t11-/m0/s1. The van der Waals surface area contributed by atoms with Crippen molar-refractivity contribution in [1.29, 1.82) is 0 Å². The Bertz CT molecular complexity index is 403. The van der Waals surface area contributed by atoms with E-state index in [2.05, 4.69) is 6.92 Å². The predicted octanol–water partition coefficient (Wildman–Crippen LogP) is 2.57. The minimum atomic E-state index is 0.121. The number of carbonyl (C=O) groups excluding carboxylic acids is 1. The number of amides is 1. The molecule has 92 valence electrons.